The average Bonchev–Trinajstić information content (AvgIpc) is 3.14. The van der Waals surface area contributed by atoms with E-state index in [4.69, 9.17) is 4.55 Å². The van der Waals surface area contributed by atoms with Gasteiger partial charge in [-0.1, -0.05) is 18.2 Å². The molecule has 0 spiro atoms. The monoisotopic (exact) mass is 580 g/mol. The van der Waals surface area contributed by atoms with Crippen LogP contribution in [0.1, 0.15) is 11.1 Å². The molecule has 1 atom stereocenters. The lowest BCUT2D eigenvalue weighted by atomic mass is 9.92. The van der Waals surface area contributed by atoms with E-state index in [0.29, 0.717) is 12.8 Å². The van der Waals surface area contributed by atoms with E-state index in [1.807, 2.05) is 36.2 Å². The summed E-state index contributed by atoms with van der Waals surface area (Å²) in [7, 11) is -1.83. The van der Waals surface area contributed by atoms with Crippen molar-refractivity contribution in [2.24, 2.45) is 0 Å². The van der Waals surface area contributed by atoms with Crippen LogP contribution in [-0.2, 0) is 28.8 Å². The van der Waals surface area contributed by atoms with Gasteiger partial charge in [-0.15, -0.1) is 0 Å². The fourth-order valence-electron chi connectivity index (χ4n) is 3.07. The SMILES string of the molecule is CN(Cc1ccc(I)cc1)C[C@@](O)(Cn1cncn1)c1ccc(F)cc1F.CS(=O)(=O)O. The Morgan fingerprint density at radius 3 is 2.34 bits per heavy atom. The third-order valence-electron chi connectivity index (χ3n) is 4.22. The second-order valence-electron chi connectivity index (χ2n) is 7.28. The van der Waals surface area contributed by atoms with Crippen LogP contribution in [0.4, 0.5) is 8.78 Å². The van der Waals surface area contributed by atoms with E-state index in [1.54, 1.807) is 0 Å². The van der Waals surface area contributed by atoms with E-state index in [2.05, 4.69) is 32.7 Å². The number of likely N-dealkylation sites (N-methyl/N-ethyl adjacent to an activating group) is 1. The summed E-state index contributed by atoms with van der Waals surface area (Å²) in [6.45, 7) is 0.688. The van der Waals surface area contributed by atoms with Crippen molar-refractivity contribution in [3.8, 4) is 0 Å². The van der Waals surface area contributed by atoms with E-state index < -0.39 is 27.4 Å². The van der Waals surface area contributed by atoms with Gasteiger partial charge in [0.2, 0.25) is 0 Å². The summed E-state index contributed by atoms with van der Waals surface area (Å²) < 4.78 is 56.2. The molecule has 12 heteroatoms. The van der Waals surface area contributed by atoms with Gasteiger partial charge in [-0.3, -0.25) is 9.45 Å². The molecule has 0 fully saturated rings. The van der Waals surface area contributed by atoms with E-state index in [9.17, 15) is 22.3 Å². The fourth-order valence-corrected chi connectivity index (χ4v) is 3.43. The van der Waals surface area contributed by atoms with Gasteiger partial charge in [-0.05, 0) is 53.4 Å². The molecule has 1 aromatic heterocycles. The lowest BCUT2D eigenvalue weighted by Gasteiger charge is -2.33. The molecule has 0 aliphatic rings. The molecular formula is C20H23F2IN4O4S. The first-order chi connectivity index (χ1) is 14.9. The molecule has 174 valence electrons. The fraction of sp³-hybridized carbons (Fsp3) is 0.300. The Kier molecular flexibility index (Phi) is 9.21. The Labute approximate surface area is 198 Å². The zero-order valence-electron chi connectivity index (χ0n) is 17.4. The topological polar surface area (TPSA) is 109 Å². The van der Waals surface area contributed by atoms with E-state index >= 15 is 0 Å². The number of aromatic nitrogens is 3. The van der Waals surface area contributed by atoms with Gasteiger partial charge in [-0.25, -0.2) is 18.4 Å². The third-order valence-corrected chi connectivity index (χ3v) is 4.94. The molecule has 0 unspecified atom stereocenters. The highest BCUT2D eigenvalue weighted by molar-refractivity contribution is 14.1. The first-order valence-electron chi connectivity index (χ1n) is 9.21. The predicted molar refractivity (Wildman–Crippen MR) is 123 cm³/mol. The lowest BCUT2D eigenvalue weighted by Crippen LogP contribution is -2.43. The Morgan fingerprint density at radius 2 is 1.81 bits per heavy atom. The van der Waals surface area contributed by atoms with Gasteiger partial charge in [0.1, 0.15) is 29.9 Å². The van der Waals surface area contributed by atoms with Crippen LogP contribution in [0.25, 0.3) is 0 Å². The van der Waals surface area contributed by atoms with Gasteiger partial charge in [0.05, 0.1) is 12.8 Å². The zero-order chi connectivity index (χ0) is 23.9. The Balaban J connectivity index is 0.000000654. The van der Waals surface area contributed by atoms with Crippen molar-refractivity contribution >= 4 is 32.7 Å². The number of hydrogen-bond donors (Lipinski definition) is 2. The standard InChI is InChI=1S/C19H19F2IN4O.CH4O3S/c1-25(9-14-2-5-16(22)6-3-14)10-19(27,11-26-13-23-12-24-26)17-7-4-15(20)8-18(17)21;1-5(2,3)4/h2-8,12-13,27H,9-11H2,1H3;1H3,(H,2,3,4)/t19-;/m1./s1. The molecule has 3 rings (SSSR count). The normalized spacial score (nSPS) is 13.4. The molecule has 0 saturated carbocycles. The van der Waals surface area contributed by atoms with E-state index in [0.717, 1.165) is 21.3 Å². The smallest absolute Gasteiger partial charge is 0.261 e. The van der Waals surface area contributed by atoms with Gasteiger partial charge in [0.25, 0.3) is 10.1 Å². The minimum atomic E-state index is -3.67. The molecule has 0 bridgehead atoms. The van der Waals surface area contributed by atoms with Crippen molar-refractivity contribution in [2.75, 3.05) is 19.8 Å². The highest BCUT2D eigenvalue weighted by Crippen LogP contribution is 2.28. The molecule has 0 amide bonds. The first kappa shape index (κ1) is 26.3. The lowest BCUT2D eigenvalue weighted by molar-refractivity contribution is -0.0175. The maximum absolute atomic E-state index is 14.4. The summed E-state index contributed by atoms with van der Waals surface area (Å²) in [5.41, 5.74) is -0.516. The van der Waals surface area contributed by atoms with E-state index in [1.165, 1.54) is 23.4 Å². The number of halogens is 3. The second kappa shape index (κ2) is 11.2. The predicted octanol–water partition coefficient (Wildman–Crippen LogP) is 2.68. The molecule has 0 aliphatic carbocycles. The third kappa shape index (κ3) is 8.86. The van der Waals surface area contributed by atoms with Crippen molar-refractivity contribution in [3.05, 3.63) is 81.5 Å². The maximum atomic E-state index is 14.4. The van der Waals surface area contributed by atoms with Crippen LogP contribution in [-0.4, -0.2) is 57.6 Å². The maximum Gasteiger partial charge on any atom is 0.261 e. The average molecular weight is 580 g/mol. The summed E-state index contributed by atoms with van der Waals surface area (Å²) in [6.07, 6.45) is 3.51. The number of aliphatic hydroxyl groups is 1. The zero-order valence-corrected chi connectivity index (χ0v) is 20.3. The van der Waals surface area contributed by atoms with Crippen molar-refractivity contribution in [1.29, 1.82) is 0 Å². The van der Waals surface area contributed by atoms with Crippen molar-refractivity contribution in [2.45, 2.75) is 18.7 Å². The molecule has 8 nitrogen and oxygen atoms in total. The van der Waals surface area contributed by atoms with Gasteiger partial charge >= 0.3 is 0 Å². The Bertz CT molecular complexity index is 1110. The van der Waals surface area contributed by atoms with Gasteiger partial charge in [0, 0.05) is 28.3 Å². The second-order valence-corrected chi connectivity index (χ2v) is 9.99. The molecule has 0 radical (unpaired) electrons. The number of benzene rings is 2. The quantitative estimate of drug-likeness (QED) is 0.327. The largest absolute Gasteiger partial charge is 0.382 e. The molecule has 0 aliphatic heterocycles. The molecule has 2 aromatic carbocycles. The Morgan fingerprint density at radius 1 is 1.19 bits per heavy atom. The van der Waals surface area contributed by atoms with Crippen LogP contribution >= 0.6 is 22.6 Å². The van der Waals surface area contributed by atoms with Crippen LogP contribution in [0.15, 0.2) is 55.1 Å². The van der Waals surface area contributed by atoms with Crippen LogP contribution in [0.3, 0.4) is 0 Å². The molecule has 3 aromatic rings. The van der Waals surface area contributed by atoms with Crippen LogP contribution in [0, 0.1) is 15.2 Å². The number of hydrogen-bond acceptors (Lipinski definition) is 6. The Hall–Kier alpha value is -2.00. The van der Waals surface area contributed by atoms with Crippen molar-refractivity contribution in [1.82, 2.24) is 19.7 Å². The van der Waals surface area contributed by atoms with Crippen LogP contribution in [0.2, 0.25) is 0 Å². The molecule has 32 heavy (non-hydrogen) atoms. The molecular weight excluding hydrogens is 557 g/mol. The highest BCUT2D eigenvalue weighted by atomic mass is 127. The first-order valence-corrected chi connectivity index (χ1v) is 12.1. The summed E-state index contributed by atoms with van der Waals surface area (Å²) in [6, 6.07) is 11.2. The van der Waals surface area contributed by atoms with Crippen LogP contribution in [0.5, 0.6) is 0 Å². The summed E-state index contributed by atoms with van der Waals surface area (Å²) in [4.78, 5) is 5.76. The highest BCUT2D eigenvalue weighted by Gasteiger charge is 2.34. The summed E-state index contributed by atoms with van der Waals surface area (Å²) in [5.74, 6) is -1.48. The minimum absolute atomic E-state index is 0.00736. The van der Waals surface area contributed by atoms with E-state index in [-0.39, 0.29) is 18.7 Å². The molecule has 0 saturated heterocycles. The van der Waals surface area contributed by atoms with Crippen molar-refractivity contribution in [3.63, 3.8) is 0 Å². The molecule has 2 N–H and O–H groups in total. The summed E-state index contributed by atoms with van der Waals surface area (Å²) >= 11 is 2.24. The molecule has 1 heterocycles. The van der Waals surface area contributed by atoms with Crippen LogP contribution < -0.4 is 0 Å². The van der Waals surface area contributed by atoms with Gasteiger partial charge in [-0.2, -0.15) is 13.5 Å². The van der Waals surface area contributed by atoms with Gasteiger partial charge < -0.3 is 5.11 Å². The van der Waals surface area contributed by atoms with Gasteiger partial charge in [0.15, 0.2) is 0 Å². The summed E-state index contributed by atoms with van der Waals surface area (Å²) in [5, 5.41) is 15.3. The van der Waals surface area contributed by atoms with Crippen molar-refractivity contribution < 1.29 is 26.9 Å². The number of rotatable bonds is 7. The minimum Gasteiger partial charge on any atom is -0.382 e. The number of nitrogens with zero attached hydrogens (tertiary/aromatic N) is 4.